The summed E-state index contributed by atoms with van der Waals surface area (Å²) in [5.74, 6) is -0.362. The average Bonchev–Trinajstić information content (AvgIpc) is 2.48. The predicted octanol–water partition coefficient (Wildman–Crippen LogP) is 4.07. The van der Waals surface area contributed by atoms with E-state index in [0.29, 0.717) is 5.56 Å². The lowest BCUT2D eigenvalue weighted by atomic mass is 10.1. The Morgan fingerprint density at radius 3 is 2.38 bits per heavy atom. The van der Waals surface area contributed by atoms with Gasteiger partial charge in [0.05, 0.1) is 5.56 Å². The SMILES string of the molecule is Cc1cccc(C(=O)Oc2cc3ccccc3cc2O)c1. The van der Waals surface area contributed by atoms with Crippen LogP contribution in [0, 0.1) is 6.92 Å². The van der Waals surface area contributed by atoms with Gasteiger partial charge in [0.25, 0.3) is 0 Å². The highest BCUT2D eigenvalue weighted by molar-refractivity contribution is 5.93. The smallest absolute Gasteiger partial charge is 0.343 e. The van der Waals surface area contributed by atoms with Crippen LogP contribution in [0.2, 0.25) is 0 Å². The molecule has 3 aromatic rings. The number of benzene rings is 3. The van der Waals surface area contributed by atoms with Crippen molar-refractivity contribution in [3.05, 3.63) is 71.8 Å². The molecule has 0 spiro atoms. The molecule has 0 unspecified atom stereocenters. The first-order chi connectivity index (χ1) is 10.1. The Morgan fingerprint density at radius 2 is 1.67 bits per heavy atom. The van der Waals surface area contributed by atoms with Crippen LogP contribution in [0.5, 0.6) is 11.5 Å². The van der Waals surface area contributed by atoms with Crippen molar-refractivity contribution in [1.82, 2.24) is 0 Å². The number of fused-ring (bicyclic) bond motifs is 1. The first-order valence-corrected chi connectivity index (χ1v) is 6.64. The van der Waals surface area contributed by atoms with Crippen molar-refractivity contribution in [2.24, 2.45) is 0 Å². The van der Waals surface area contributed by atoms with Gasteiger partial charge < -0.3 is 9.84 Å². The number of hydrogen-bond donors (Lipinski definition) is 1. The number of aryl methyl sites for hydroxylation is 1. The van der Waals surface area contributed by atoms with Gasteiger partial charge in [-0.1, -0.05) is 42.0 Å². The molecule has 21 heavy (non-hydrogen) atoms. The summed E-state index contributed by atoms with van der Waals surface area (Å²) in [7, 11) is 0. The van der Waals surface area contributed by atoms with E-state index >= 15 is 0 Å². The third-order valence-corrected chi connectivity index (χ3v) is 3.28. The summed E-state index contributed by atoms with van der Waals surface area (Å²) in [6, 6.07) is 18.0. The fourth-order valence-corrected chi connectivity index (χ4v) is 2.22. The number of esters is 1. The van der Waals surface area contributed by atoms with Crippen LogP contribution in [-0.4, -0.2) is 11.1 Å². The topological polar surface area (TPSA) is 46.5 Å². The van der Waals surface area contributed by atoms with Gasteiger partial charge in [0.2, 0.25) is 0 Å². The molecule has 0 aliphatic rings. The summed E-state index contributed by atoms with van der Waals surface area (Å²) in [5.41, 5.74) is 1.44. The maximum absolute atomic E-state index is 12.1. The number of hydrogen-bond acceptors (Lipinski definition) is 3. The summed E-state index contributed by atoms with van der Waals surface area (Å²) in [5, 5.41) is 11.8. The quantitative estimate of drug-likeness (QED) is 0.567. The highest BCUT2D eigenvalue weighted by atomic mass is 16.5. The monoisotopic (exact) mass is 278 g/mol. The standard InChI is InChI=1S/C18H14O3/c1-12-5-4-8-15(9-12)18(20)21-17-11-14-7-3-2-6-13(14)10-16(17)19/h2-11,19H,1H3. The Bertz CT molecular complexity index is 822. The van der Waals surface area contributed by atoms with Crippen LogP contribution in [0.1, 0.15) is 15.9 Å². The number of carbonyl (C=O) groups excluding carboxylic acids is 1. The molecule has 1 N–H and O–H groups in total. The van der Waals surface area contributed by atoms with Crippen LogP contribution >= 0.6 is 0 Å². The Kier molecular flexibility index (Phi) is 3.32. The number of carbonyl (C=O) groups is 1. The van der Waals surface area contributed by atoms with E-state index in [1.807, 2.05) is 37.3 Å². The number of rotatable bonds is 2. The molecule has 3 rings (SSSR count). The molecule has 0 saturated heterocycles. The molecule has 104 valence electrons. The molecule has 3 heteroatoms. The molecule has 3 nitrogen and oxygen atoms in total. The van der Waals surface area contributed by atoms with E-state index in [1.165, 1.54) is 0 Å². The van der Waals surface area contributed by atoms with Gasteiger partial charge >= 0.3 is 5.97 Å². The van der Waals surface area contributed by atoms with Crippen molar-refractivity contribution in [2.75, 3.05) is 0 Å². The second-order valence-corrected chi connectivity index (χ2v) is 4.93. The van der Waals surface area contributed by atoms with Crippen molar-refractivity contribution >= 4 is 16.7 Å². The molecule has 0 bridgehead atoms. The second-order valence-electron chi connectivity index (χ2n) is 4.93. The molecule has 0 aliphatic carbocycles. The zero-order chi connectivity index (χ0) is 14.8. The summed E-state index contributed by atoms with van der Waals surface area (Å²) < 4.78 is 5.31. The van der Waals surface area contributed by atoms with E-state index in [-0.39, 0.29) is 11.5 Å². The number of ether oxygens (including phenoxy) is 1. The molecular formula is C18H14O3. The van der Waals surface area contributed by atoms with Gasteiger partial charge in [-0.3, -0.25) is 0 Å². The minimum absolute atomic E-state index is 0.0466. The van der Waals surface area contributed by atoms with Gasteiger partial charge in [0.1, 0.15) is 0 Å². The van der Waals surface area contributed by atoms with Crippen LogP contribution < -0.4 is 4.74 Å². The molecule has 0 atom stereocenters. The summed E-state index contributed by atoms with van der Waals surface area (Å²) in [6.45, 7) is 1.91. The van der Waals surface area contributed by atoms with E-state index in [9.17, 15) is 9.90 Å². The predicted molar refractivity (Wildman–Crippen MR) is 81.8 cm³/mol. The van der Waals surface area contributed by atoms with Gasteiger partial charge in [-0.2, -0.15) is 0 Å². The zero-order valence-electron chi connectivity index (χ0n) is 11.5. The molecular weight excluding hydrogens is 264 g/mol. The Balaban J connectivity index is 1.94. The molecule has 3 aromatic carbocycles. The first-order valence-electron chi connectivity index (χ1n) is 6.64. The second kappa shape index (κ2) is 5.29. The fourth-order valence-electron chi connectivity index (χ4n) is 2.22. The van der Waals surface area contributed by atoms with E-state index in [2.05, 4.69) is 0 Å². The first kappa shape index (κ1) is 13.2. The lowest BCUT2D eigenvalue weighted by Gasteiger charge is -2.08. The lowest BCUT2D eigenvalue weighted by molar-refractivity contribution is 0.0730. The van der Waals surface area contributed by atoms with E-state index in [0.717, 1.165) is 16.3 Å². The minimum atomic E-state index is -0.482. The molecule has 0 aliphatic heterocycles. The summed E-state index contributed by atoms with van der Waals surface area (Å²) in [6.07, 6.45) is 0. The van der Waals surface area contributed by atoms with E-state index in [4.69, 9.17) is 4.74 Å². The van der Waals surface area contributed by atoms with Crippen molar-refractivity contribution in [1.29, 1.82) is 0 Å². The van der Waals surface area contributed by atoms with E-state index < -0.39 is 5.97 Å². The van der Waals surface area contributed by atoms with Crippen molar-refractivity contribution in [3.8, 4) is 11.5 Å². The number of phenolic OH excluding ortho intramolecular Hbond substituents is 1. The van der Waals surface area contributed by atoms with Gasteiger partial charge in [-0.15, -0.1) is 0 Å². The number of aromatic hydroxyl groups is 1. The Morgan fingerprint density at radius 1 is 0.952 bits per heavy atom. The van der Waals surface area contributed by atoms with Crippen LogP contribution in [0.15, 0.2) is 60.7 Å². The number of phenols is 1. The maximum Gasteiger partial charge on any atom is 0.343 e. The van der Waals surface area contributed by atoms with Crippen LogP contribution in [0.3, 0.4) is 0 Å². The lowest BCUT2D eigenvalue weighted by Crippen LogP contribution is -2.08. The Labute approximate surface area is 122 Å². The van der Waals surface area contributed by atoms with Crippen molar-refractivity contribution in [3.63, 3.8) is 0 Å². The van der Waals surface area contributed by atoms with Crippen LogP contribution in [0.25, 0.3) is 10.8 Å². The van der Waals surface area contributed by atoms with Gasteiger partial charge in [0, 0.05) is 0 Å². The highest BCUT2D eigenvalue weighted by Gasteiger charge is 2.12. The minimum Gasteiger partial charge on any atom is -0.504 e. The average molecular weight is 278 g/mol. The van der Waals surface area contributed by atoms with Crippen LogP contribution in [0.4, 0.5) is 0 Å². The molecule has 0 heterocycles. The molecule has 0 radical (unpaired) electrons. The zero-order valence-corrected chi connectivity index (χ0v) is 11.5. The van der Waals surface area contributed by atoms with E-state index in [1.54, 1.807) is 30.3 Å². The third-order valence-electron chi connectivity index (χ3n) is 3.28. The van der Waals surface area contributed by atoms with Crippen molar-refractivity contribution in [2.45, 2.75) is 6.92 Å². The van der Waals surface area contributed by atoms with Gasteiger partial charge in [-0.25, -0.2) is 4.79 Å². The third kappa shape index (κ3) is 2.72. The molecule has 0 fully saturated rings. The summed E-state index contributed by atoms with van der Waals surface area (Å²) in [4.78, 5) is 12.1. The fraction of sp³-hybridized carbons (Fsp3) is 0.0556. The van der Waals surface area contributed by atoms with Crippen molar-refractivity contribution < 1.29 is 14.6 Å². The normalized spacial score (nSPS) is 10.5. The van der Waals surface area contributed by atoms with Crippen LogP contribution in [-0.2, 0) is 0 Å². The molecule has 0 aromatic heterocycles. The molecule has 0 saturated carbocycles. The highest BCUT2D eigenvalue weighted by Crippen LogP contribution is 2.31. The summed E-state index contributed by atoms with van der Waals surface area (Å²) >= 11 is 0. The largest absolute Gasteiger partial charge is 0.504 e. The van der Waals surface area contributed by atoms with Gasteiger partial charge in [0.15, 0.2) is 11.5 Å². The van der Waals surface area contributed by atoms with Gasteiger partial charge in [-0.05, 0) is 42.0 Å². The maximum atomic E-state index is 12.1. The Hall–Kier alpha value is -2.81. The molecule has 0 amide bonds.